The SMILES string of the molecule is CCOc1ccccc1C1C(CN)OCCN1C(C)C. The van der Waals surface area contributed by atoms with Crippen LogP contribution in [-0.4, -0.2) is 43.3 Å². The topological polar surface area (TPSA) is 47.7 Å². The molecule has 4 heteroatoms. The van der Waals surface area contributed by atoms with Crippen LogP contribution in [0.3, 0.4) is 0 Å². The first-order valence-electron chi connectivity index (χ1n) is 7.48. The average Bonchev–Trinajstić information content (AvgIpc) is 2.47. The number of nitrogens with zero attached hydrogens (tertiary/aromatic N) is 1. The third kappa shape index (κ3) is 3.14. The molecule has 2 atom stereocenters. The molecule has 2 unspecified atom stereocenters. The molecule has 1 fully saturated rings. The Bertz CT molecular complexity index is 423. The molecule has 0 radical (unpaired) electrons. The Labute approximate surface area is 121 Å². The molecule has 1 aromatic carbocycles. The van der Waals surface area contributed by atoms with Crippen molar-refractivity contribution in [1.29, 1.82) is 0 Å². The summed E-state index contributed by atoms with van der Waals surface area (Å²) in [5.74, 6) is 0.939. The highest BCUT2D eigenvalue weighted by Gasteiger charge is 2.35. The first-order chi connectivity index (χ1) is 9.69. The van der Waals surface area contributed by atoms with Gasteiger partial charge in [0.05, 0.1) is 25.4 Å². The van der Waals surface area contributed by atoms with Crippen LogP contribution in [0, 0.1) is 0 Å². The van der Waals surface area contributed by atoms with Gasteiger partial charge >= 0.3 is 0 Å². The van der Waals surface area contributed by atoms with E-state index in [1.165, 1.54) is 5.56 Å². The van der Waals surface area contributed by atoms with E-state index >= 15 is 0 Å². The van der Waals surface area contributed by atoms with Gasteiger partial charge < -0.3 is 15.2 Å². The minimum atomic E-state index is 0.0211. The zero-order valence-corrected chi connectivity index (χ0v) is 12.7. The van der Waals surface area contributed by atoms with E-state index in [9.17, 15) is 0 Å². The number of para-hydroxylation sites is 1. The smallest absolute Gasteiger partial charge is 0.124 e. The molecule has 2 N–H and O–H groups in total. The van der Waals surface area contributed by atoms with Crippen molar-refractivity contribution in [1.82, 2.24) is 4.90 Å². The number of morpholine rings is 1. The Morgan fingerprint density at radius 1 is 1.40 bits per heavy atom. The third-order valence-electron chi connectivity index (χ3n) is 3.82. The molecule has 1 aromatic rings. The Balaban J connectivity index is 2.38. The van der Waals surface area contributed by atoms with Gasteiger partial charge in [-0.15, -0.1) is 0 Å². The number of hydrogen-bond donors (Lipinski definition) is 1. The first-order valence-corrected chi connectivity index (χ1v) is 7.48. The molecule has 0 spiro atoms. The second kappa shape index (κ2) is 7.07. The predicted octanol–water partition coefficient (Wildman–Crippen LogP) is 2.19. The second-order valence-electron chi connectivity index (χ2n) is 5.39. The Kier molecular flexibility index (Phi) is 5.40. The van der Waals surface area contributed by atoms with E-state index in [-0.39, 0.29) is 12.1 Å². The van der Waals surface area contributed by atoms with Crippen molar-refractivity contribution in [3.05, 3.63) is 29.8 Å². The highest BCUT2D eigenvalue weighted by atomic mass is 16.5. The summed E-state index contributed by atoms with van der Waals surface area (Å²) in [5.41, 5.74) is 7.10. The third-order valence-corrected chi connectivity index (χ3v) is 3.82. The number of rotatable bonds is 5. The number of nitrogens with two attached hydrogens (primary N) is 1. The Hall–Kier alpha value is -1.10. The lowest BCUT2D eigenvalue weighted by Crippen LogP contribution is -2.50. The molecule has 0 saturated carbocycles. The zero-order chi connectivity index (χ0) is 14.5. The average molecular weight is 278 g/mol. The van der Waals surface area contributed by atoms with Crippen molar-refractivity contribution in [2.45, 2.75) is 39.0 Å². The maximum absolute atomic E-state index is 5.92. The zero-order valence-electron chi connectivity index (χ0n) is 12.7. The van der Waals surface area contributed by atoms with Crippen LogP contribution in [-0.2, 0) is 4.74 Å². The molecular formula is C16H26N2O2. The molecule has 112 valence electrons. The van der Waals surface area contributed by atoms with Crippen LogP contribution >= 0.6 is 0 Å². The van der Waals surface area contributed by atoms with Crippen LogP contribution in [0.1, 0.15) is 32.4 Å². The molecular weight excluding hydrogens is 252 g/mol. The van der Waals surface area contributed by atoms with Gasteiger partial charge in [-0.05, 0) is 26.8 Å². The van der Waals surface area contributed by atoms with E-state index in [1.807, 2.05) is 19.1 Å². The van der Waals surface area contributed by atoms with Crippen molar-refractivity contribution in [3.63, 3.8) is 0 Å². The van der Waals surface area contributed by atoms with Crippen molar-refractivity contribution >= 4 is 0 Å². The van der Waals surface area contributed by atoms with Crippen LogP contribution in [0.5, 0.6) is 5.75 Å². The largest absolute Gasteiger partial charge is 0.494 e. The van der Waals surface area contributed by atoms with Gasteiger partial charge in [0.2, 0.25) is 0 Å². The van der Waals surface area contributed by atoms with Gasteiger partial charge in [-0.3, -0.25) is 4.90 Å². The fraction of sp³-hybridized carbons (Fsp3) is 0.625. The van der Waals surface area contributed by atoms with Gasteiger partial charge in [-0.25, -0.2) is 0 Å². The molecule has 2 rings (SSSR count). The van der Waals surface area contributed by atoms with Crippen molar-refractivity contribution in [2.75, 3.05) is 26.3 Å². The van der Waals surface area contributed by atoms with E-state index in [4.69, 9.17) is 15.2 Å². The summed E-state index contributed by atoms with van der Waals surface area (Å²) in [4.78, 5) is 2.46. The van der Waals surface area contributed by atoms with Crippen molar-refractivity contribution in [3.8, 4) is 5.75 Å². The van der Waals surface area contributed by atoms with E-state index in [0.29, 0.717) is 19.2 Å². The summed E-state index contributed by atoms with van der Waals surface area (Å²) in [6.07, 6.45) is 0.0211. The summed E-state index contributed by atoms with van der Waals surface area (Å²) in [7, 11) is 0. The van der Waals surface area contributed by atoms with Gasteiger partial charge in [0.1, 0.15) is 5.75 Å². The fourth-order valence-electron chi connectivity index (χ4n) is 2.92. The van der Waals surface area contributed by atoms with Crippen molar-refractivity contribution in [2.24, 2.45) is 5.73 Å². The number of benzene rings is 1. The highest BCUT2D eigenvalue weighted by molar-refractivity contribution is 5.37. The van der Waals surface area contributed by atoms with Gasteiger partial charge in [0, 0.05) is 24.7 Å². The summed E-state index contributed by atoms with van der Waals surface area (Å²) in [6.45, 7) is 9.31. The first kappa shape index (κ1) is 15.3. The standard InChI is InChI=1S/C16H26N2O2/c1-4-19-14-8-6-5-7-13(14)16-15(11-17)20-10-9-18(16)12(2)3/h5-8,12,15-16H,4,9-11,17H2,1-3H3. The van der Waals surface area contributed by atoms with Crippen LogP contribution in [0.15, 0.2) is 24.3 Å². The Morgan fingerprint density at radius 2 is 2.15 bits per heavy atom. The summed E-state index contributed by atoms with van der Waals surface area (Å²) in [6, 6.07) is 8.83. The maximum Gasteiger partial charge on any atom is 0.124 e. The van der Waals surface area contributed by atoms with Gasteiger partial charge in [0.25, 0.3) is 0 Å². The summed E-state index contributed by atoms with van der Waals surface area (Å²) in [5, 5.41) is 0. The summed E-state index contributed by atoms with van der Waals surface area (Å²) < 4.78 is 11.7. The highest BCUT2D eigenvalue weighted by Crippen LogP contribution is 2.36. The monoisotopic (exact) mass is 278 g/mol. The lowest BCUT2D eigenvalue weighted by molar-refractivity contribution is -0.0795. The molecule has 4 nitrogen and oxygen atoms in total. The quantitative estimate of drug-likeness (QED) is 0.897. The lowest BCUT2D eigenvalue weighted by atomic mass is 9.95. The second-order valence-corrected chi connectivity index (χ2v) is 5.39. The molecule has 1 saturated heterocycles. The molecule has 20 heavy (non-hydrogen) atoms. The Morgan fingerprint density at radius 3 is 2.80 bits per heavy atom. The predicted molar refractivity (Wildman–Crippen MR) is 81.0 cm³/mol. The number of ether oxygens (including phenoxy) is 2. The van der Waals surface area contributed by atoms with Crippen LogP contribution in [0.25, 0.3) is 0 Å². The molecule has 0 aromatic heterocycles. The summed E-state index contributed by atoms with van der Waals surface area (Å²) >= 11 is 0. The fourth-order valence-corrected chi connectivity index (χ4v) is 2.92. The molecule has 1 heterocycles. The molecule has 1 aliphatic rings. The molecule has 0 bridgehead atoms. The normalized spacial score (nSPS) is 24.1. The molecule has 0 amide bonds. The van der Waals surface area contributed by atoms with Gasteiger partial charge in [0.15, 0.2) is 0 Å². The number of hydrogen-bond acceptors (Lipinski definition) is 4. The molecule has 1 aliphatic heterocycles. The maximum atomic E-state index is 5.92. The minimum absolute atomic E-state index is 0.0211. The van der Waals surface area contributed by atoms with Crippen LogP contribution in [0.4, 0.5) is 0 Å². The molecule has 0 aliphatic carbocycles. The van der Waals surface area contributed by atoms with E-state index in [2.05, 4.69) is 30.9 Å². The van der Waals surface area contributed by atoms with E-state index < -0.39 is 0 Å². The van der Waals surface area contributed by atoms with E-state index in [1.54, 1.807) is 0 Å². The lowest BCUT2D eigenvalue weighted by Gasteiger charge is -2.43. The van der Waals surface area contributed by atoms with Crippen LogP contribution in [0.2, 0.25) is 0 Å². The van der Waals surface area contributed by atoms with E-state index in [0.717, 1.165) is 18.9 Å². The van der Waals surface area contributed by atoms with Crippen LogP contribution < -0.4 is 10.5 Å². The van der Waals surface area contributed by atoms with Crippen molar-refractivity contribution < 1.29 is 9.47 Å². The minimum Gasteiger partial charge on any atom is -0.494 e. The van der Waals surface area contributed by atoms with Gasteiger partial charge in [-0.1, -0.05) is 18.2 Å². The van der Waals surface area contributed by atoms with Gasteiger partial charge in [-0.2, -0.15) is 0 Å².